The number of halogens is 1. The molecule has 0 unspecified atom stereocenters. The van der Waals surface area contributed by atoms with E-state index in [0.29, 0.717) is 6.61 Å². The Morgan fingerprint density at radius 2 is 1.68 bits per heavy atom. The Bertz CT molecular complexity index is 463. The predicted molar refractivity (Wildman–Crippen MR) is 76.5 cm³/mol. The third-order valence-corrected chi connectivity index (χ3v) is 2.88. The van der Waals surface area contributed by atoms with Crippen molar-refractivity contribution in [1.82, 2.24) is 10.2 Å². The number of carboxylic acids is 2. The van der Waals surface area contributed by atoms with Crippen LogP contribution in [0, 0.1) is 5.82 Å². The van der Waals surface area contributed by atoms with Gasteiger partial charge in [-0.2, -0.15) is 0 Å². The summed E-state index contributed by atoms with van der Waals surface area (Å²) in [5.41, 5.74) is 0. The fourth-order valence-corrected chi connectivity index (χ4v) is 1.76. The summed E-state index contributed by atoms with van der Waals surface area (Å²) in [5, 5.41) is 18.1. The molecule has 0 aliphatic carbocycles. The van der Waals surface area contributed by atoms with Crippen LogP contribution in [0.1, 0.15) is 0 Å². The Balaban J connectivity index is 0.000000346. The van der Waals surface area contributed by atoms with Gasteiger partial charge in [-0.3, -0.25) is 4.90 Å². The van der Waals surface area contributed by atoms with Crippen molar-refractivity contribution in [3.05, 3.63) is 30.1 Å². The molecule has 1 aromatic carbocycles. The summed E-state index contributed by atoms with van der Waals surface area (Å²) in [7, 11) is 0. The Kier molecular flexibility index (Phi) is 7.87. The Labute approximate surface area is 127 Å². The van der Waals surface area contributed by atoms with E-state index >= 15 is 0 Å². The van der Waals surface area contributed by atoms with Gasteiger partial charge < -0.3 is 20.3 Å². The molecule has 1 heterocycles. The number of aliphatic carboxylic acids is 2. The van der Waals surface area contributed by atoms with Crippen LogP contribution in [0.15, 0.2) is 24.3 Å². The summed E-state index contributed by atoms with van der Waals surface area (Å²) in [6.07, 6.45) is 0. The van der Waals surface area contributed by atoms with Gasteiger partial charge in [0.05, 0.1) is 0 Å². The molecule has 0 radical (unpaired) electrons. The summed E-state index contributed by atoms with van der Waals surface area (Å²) in [6.45, 7) is 5.84. The minimum atomic E-state index is -1.82. The highest BCUT2D eigenvalue weighted by Crippen LogP contribution is 2.10. The van der Waals surface area contributed by atoms with Gasteiger partial charge in [0.1, 0.15) is 18.2 Å². The first-order valence-electron chi connectivity index (χ1n) is 6.76. The van der Waals surface area contributed by atoms with Crippen LogP contribution in [0.5, 0.6) is 5.75 Å². The zero-order valence-electron chi connectivity index (χ0n) is 12.0. The Hall–Kier alpha value is -2.19. The number of nitrogens with one attached hydrogen (secondary N) is 1. The van der Waals surface area contributed by atoms with Crippen LogP contribution < -0.4 is 10.1 Å². The highest BCUT2D eigenvalue weighted by atomic mass is 19.1. The molecule has 0 spiro atoms. The second-order valence-electron chi connectivity index (χ2n) is 4.50. The molecule has 0 aromatic heterocycles. The molecule has 1 aromatic rings. The third-order valence-electron chi connectivity index (χ3n) is 2.88. The molecular weight excluding hydrogens is 295 g/mol. The summed E-state index contributed by atoms with van der Waals surface area (Å²) in [5.74, 6) is -3.14. The number of carbonyl (C=O) groups is 2. The second kappa shape index (κ2) is 9.69. The molecule has 0 amide bonds. The number of nitrogens with zero attached hydrogens (tertiary/aromatic N) is 1. The van der Waals surface area contributed by atoms with Crippen molar-refractivity contribution in [2.45, 2.75) is 0 Å². The van der Waals surface area contributed by atoms with E-state index in [1.54, 1.807) is 12.1 Å². The number of benzene rings is 1. The van der Waals surface area contributed by atoms with E-state index < -0.39 is 11.9 Å². The SMILES string of the molecule is Fc1ccc(OCCN2CCNCC2)cc1.O=C(O)C(=O)O. The summed E-state index contributed by atoms with van der Waals surface area (Å²) in [6, 6.07) is 6.15. The quantitative estimate of drug-likeness (QED) is 0.686. The second-order valence-corrected chi connectivity index (χ2v) is 4.50. The molecule has 122 valence electrons. The van der Waals surface area contributed by atoms with E-state index in [0.717, 1.165) is 38.5 Å². The molecule has 3 N–H and O–H groups in total. The van der Waals surface area contributed by atoms with Crippen LogP contribution in [-0.2, 0) is 9.59 Å². The lowest BCUT2D eigenvalue weighted by atomic mass is 10.3. The first-order chi connectivity index (χ1) is 10.5. The van der Waals surface area contributed by atoms with Crippen LogP contribution in [0.2, 0.25) is 0 Å². The van der Waals surface area contributed by atoms with Gasteiger partial charge in [-0.15, -0.1) is 0 Å². The van der Waals surface area contributed by atoms with Crippen molar-refractivity contribution >= 4 is 11.9 Å². The largest absolute Gasteiger partial charge is 0.492 e. The van der Waals surface area contributed by atoms with E-state index in [2.05, 4.69) is 10.2 Å². The number of rotatable bonds is 4. The molecule has 22 heavy (non-hydrogen) atoms. The van der Waals surface area contributed by atoms with Gasteiger partial charge >= 0.3 is 11.9 Å². The number of hydrogen-bond donors (Lipinski definition) is 3. The van der Waals surface area contributed by atoms with Crippen molar-refractivity contribution < 1.29 is 28.9 Å². The van der Waals surface area contributed by atoms with Crippen molar-refractivity contribution in [2.75, 3.05) is 39.3 Å². The Morgan fingerprint density at radius 3 is 2.18 bits per heavy atom. The van der Waals surface area contributed by atoms with Gasteiger partial charge in [0, 0.05) is 32.7 Å². The normalized spacial score (nSPS) is 14.6. The van der Waals surface area contributed by atoms with Gasteiger partial charge in [-0.1, -0.05) is 0 Å². The molecular formula is C14H19FN2O5. The molecule has 0 bridgehead atoms. The van der Waals surface area contributed by atoms with Gasteiger partial charge in [0.25, 0.3) is 0 Å². The maximum atomic E-state index is 12.6. The van der Waals surface area contributed by atoms with Crippen LogP contribution >= 0.6 is 0 Å². The first-order valence-corrected chi connectivity index (χ1v) is 6.76. The van der Waals surface area contributed by atoms with E-state index in [-0.39, 0.29) is 5.82 Å². The topological polar surface area (TPSA) is 99.1 Å². The number of carboxylic acid groups (broad SMARTS) is 2. The van der Waals surface area contributed by atoms with E-state index in [9.17, 15) is 4.39 Å². The highest BCUT2D eigenvalue weighted by molar-refractivity contribution is 6.27. The fraction of sp³-hybridized carbons (Fsp3) is 0.429. The van der Waals surface area contributed by atoms with Gasteiger partial charge in [0.2, 0.25) is 0 Å². The third kappa shape index (κ3) is 7.55. The Morgan fingerprint density at radius 1 is 1.14 bits per heavy atom. The lowest BCUT2D eigenvalue weighted by Gasteiger charge is -2.26. The average Bonchev–Trinajstić information content (AvgIpc) is 2.51. The molecule has 0 saturated carbocycles. The lowest BCUT2D eigenvalue weighted by Crippen LogP contribution is -2.44. The number of hydrogen-bond acceptors (Lipinski definition) is 5. The zero-order valence-corrected chi connectivity index (χ0v) is 12.0. The summed E-state index contributed by atoms with van der Waals surface area (Å²) >= 11 is 0. The summed E-state index contributed by atoms with van der Waals surface area (Å²) in [4.78, 5) is 20.6. The maximum Gasteiger partial charge on any atom is 0.414 e. The van der Waals surface area contributed by atoms with Crippen LogP contribution in [0.25, 0.3) is 0 Å². The van der Waals surface area contributed by atoms with E-state index in [4.69, 9.17) is 24.5 Å². The van der Waals surface area contributed by atoms with Crippen LogP contribution in [0.3, 0.4) is 0 Å². The van der Waals surface area contributed by atoms with Crippen LogP contribution in [-0.4, -0.2) is 66.4 Å². The predicted octanol–water partition coefficient (Wildman–Crippen LogP) is 0.265. The van der Waals surface area contributed by atoms with E-state index in [1.165, 1.54) is 12.1 Å². The minimum Gasteiger partial charge on any atom is -0.492 e. The molecule has 1 aliphatic heterocycles. The standard InChI is InChI=1S/C12H17FN2O.C2H2O4/c13-11-1-3-12(4-2-11)16-10-9-15-7-5-14-6-8-15;3-1(4)2(5)6/h1-4,14H,5-10H2;(H,3,4)(H,5,6). The smallest absolute Gasteiger partial charge is 0.414 e. The monoisotopic (exact) mass is 314 g/mol. The first kappa shape index (κ1) is 17.9. The van der Waals surface area contributed by atoms with Crippen molar-refractivity contribution in [1.29, 1.82) is 0 Å². The minimum absolute atomic E-state index is 0.227. The van der Waals surface area contributed by atoms with Crippen molar-refractivity contribution in [2.24, 2.45) is 0 Å². The van der Waals surface area contributed by atoms with Gasteiger partial charge in [-0.05, 0) is 24.3 Å². The molecule has 1 saturated heterocycles. The van der Waals surface area contributed by atoms with Gasteiger partial charge in [0.15, 0.2) is 0 Å². The van der Waals surface area contributed by atoms with Crippen molar-refractivity contribution in [3.8, 4) is 5.75 Å². The fourth-order valence-electron chi connectivity index (χ4n) is 1.76. The lowest BCUT2D eigenvalue weighted by molar-refractivity contribution is -0.159. The molecule has 2 rings (SSSR count). The molecule has 0 atom stereocenters. The van der Waals surface area contributed by atoms with Crippen LogP contribution in [0.4, 0.5) is 4.39 Å². The number of ether oxygens (including phenoxy) is 1. The molecule has 1 aliphatic rings. The molecule has 1 fully saturated rings. The van der Waals surface area contributed by atoms with E-state index in [1.807, 2.05) is 0 Å². The average molecular weight is 314 g/mol. The van der Waals surface area contributed by atoms with Gasteiger partial charge in [-0.25, -0.2) is 14.0 Å². The molecule has 8 heteroatoms. The summed E-state index contributed by atoms with van der Waals surface area (Å²) < 4.78 is 18.2. The number of piperazine rings is 1. The maximum absolute atomic E-state index is 12.6. The highest BCUT2D eigenvalue weighted by Gasteiger charge is 2.08. The van der Waals surface area contributed by atoms with Crippen molar-refractivity contribution in [3.63, 3.8) is 0 Å². The zero-order chi connectivity index (χ0) is 16.4. The molecule has 7 nitrogen and oxygen atoms in total.